The van der Waals surface area contributed by atoms with Gasteiger partial charge in [-0.2, -0.15) is 0 Å². The van der Waals surface area contributed by atoms with Gasteiger partial charge < -0.3 is 24.0 Å². The second kappa shape index (κ2) is 7.12. The summed E-state index contributed by atoms with van der Waals surface area (Å²) in [5.41, 5.74) is 1.90. The number of amides is 1. The molecule has 1 saturated heterocycles. The molecule has 1 fully saturated rings. The van der Waals surface area contributed by atoms with Crippen LogP contribution in [0.3, 0.4) is 0 Å². The van der Waals surface area contributed by atoms with Crippen LogP contribution in [0.2, 0.25) is 0 Å². The molecule has 1 unspecified atom stereocenters. The van der Waals surface area contributed by atoms with Crippen LogP contribution in [0.15, 0.2) is 42.6 Å². The van der Waals surface area contributed by atoms with Crippen LogP contribution in [0, 0.1) is 0 Å². The second-order valence-electron chi connectivity index (χ2n) is 8.96. The highest BCUT2D eigenvalue weighted by Gasteiger charge is 2.57. The standard InChI is InChI=1S/C25H23N3O4S/c29-23-25(14-30-20-11-22-21(10-18(20)25)31-15-32-22)17-6-2-3-7-19(17)28(23)13-16-12-26-24(33-16)27-8-4-1-5-9-27/h2-3,6-7,10-12H,1,4-5,8-9,13-15H2. The SMILES string of the molecule is O=C1N(Cc2cnc(N3CCCCC3)s2)c2ccccc2C12COc1cc3c(cc12)OCO3. The van der Waals surface area contributed by atoms with Crippen LogP contribution in [-0.2, 0) is 16.8 Å². The Morgan fingerprint density at radius 3 is 2.67 bits per heavy atom. The number of carbonyl (C=O) groups excluding carboxylic acids is 1. The van der Waals surface area contributed by atoms with E-state index < -0.39 is 5.41 Å². The fourth-order valence-electron chi connectivity index (χ4n) is 5.48. The van der Waals surface area contributed by atoms with Crippen molar-refractivity contribution in [2.24, 2.45) is 0 Å². The monoisotopic (exact) mass is 461 g/mol. The van der Waals surface area contributed by atoms with Gasteiger partial charge in [-0.25, -0.2) is 4.98 Å². The minimum atomic E-state index is -0.868. The Hall–Kier alpha value is -3.26. The van der Waals surface area contributed by atoms with Gasteiger partial charge in [-0.3, -0.25) is 4.79 Å². The molecule has 0 N–H and O–H groups in total. The lowest BCUT2D eigenvalue weighted by Crippen LogP contribution is -2.42. The van der Waals surface area contributed by atoms with E-state index in [0.29, 0.717) is 23.8 Å². The van der Waals surface area contributed by atoms with Gasteiger partial charge in [-0.15, -0.1) is 11.3 Å². The molecule has 1 amide bonds. The number of fused-ring (bicyclic) bond motifs is 5. The van der Waals surface area contributed by atoms with E-state index in [1.54, 1.807) is 11.3 Å². The van der Waals surface area contributed by atoms with E-state index in [-0.39, 0.29) is 19.3 Å². The normalized spacial score (nSPS) is 22.6. The number of carbonyl (C=O) groups is 1. The quantitative estimate of drug-likeness (QED) is 0.586. The lowest BCUT2D eigenvalue weighted by molar-refractivity contribution is -0.122. The van der Waals surface area contributed by atoms with Crippen LogP contribution in [0.1, 0.15) is 35.3 Å². The Morgan fingerprint density at radius 1 is 0.970 bits per heavy atom. The summed E-state index contributed by atoms with van der Waals surface area (Å²) >= 11 is 1.69. The molecule has 33 heavy (non-hydrogen) atoms. The van der Waals surface area contributed by atoms with E-state index in [1.165, 1.54) is 19.3 Å². The Kier molecular flexibility index (Phi) is 4.15. The molecule has 0 aliphatic carbocycles. The predicted octanol–water partition coefficient (Wildman–Crippen LogP) is 4.09. The topological polar surface area (TPSA) is 64.1 Å². The molecule has 7 rings (SSSR count). The number of nitrogens with zero attached hydrogens (tertiary/aromatic N) is 3. The fourth-order valence-corrected chi connectivity index (χ4v) is 6.43. The summed E-state index contributed by atoms with van der Waals surface area (Å²) in [6.45, 7) is 3.09. The summed E-state index contributed by atoms with van der Waals surface area (Å²) in [7, 11) is 0. The van der Waals surface area contributed by atoms with Crippen LogP contribution in [0.4, 0.5) is 10.8 Å². The number of anilines is 2. The first-order chi connectivity index (χ1) is 16.2. The highest BCUT2D eigenvalue weighted by molar-refractivity contribution is 7.15. The number of piperidine rings is 1. The Balaban J connectivity index is 1.26. The minimum Gasteiger partial charge on any atom is -0.491 e. The van der Waals surface area contributed by atoms with Gasteiger partial charge in [0.2, 0.25) is 12.7 Å². The van der Waals surface area contributed by atoms with Crippen molar-refractivity contribution < 1.29 is 19.0 Å². The number of ether oxygens (including phenoxy) is 3. The number of aromatic nitrogens is 1. The van der Waals surface area contributed by atoms with E-state index in [2.05, 4.69) is 9.88 Å². The number of rotatable bonds is 3. The molecule has 2 aromatic carbocycles. The van der Waals surface area contributed by atoms with Gasteiger partial charge in [-0.1, -0.05) is 18.2 Å². The third-order valence-electron chi connectivity index (χ3n) is 7.13. The van der Waals surface area contributed by atoms with Crippen molar-refractivity contribution in [3.8, 4) is 17.2 Å². The maximum absolute atomic E-state index is 14.1. The van der Waals surface area contributed by atoms with Gasteiger partial charge >= 0.3 is 0 Å². The number of hydrogen-bond acceptors (Lipinski definition) is 7. The van der Waals surface area contributed by atoms with E-state index in [0.717, 1.165) is 39.9 Å². The fraction of sp³-hybridized carbons (Fsp3) is 0.360. The molecule has 7 nitrogen and oxygen atoms in total. The third-order valence-corrected chi connectivity index (χ3v) is 8.17. The summed E-state index contributed by atoms with van der Waals surface area (Å²) in [5, 5.41) is 1.06. The maximum atomic E-state index is 14.1. The van der Waals surface area contributed by atoms with E-state index >= 15 is 0 Å². The van der Waals surface area contributed by atoms with E-state index in [4.69, 9.17) is 14.2 Å². The van der Waals surface area contributed by atoms with Gasteiger partial charge in [0.1, 0.15) is 17.8 Å². The first-order valence-electron chi connectivity index (χ1n) is 11.4. The molecule has 4 aliphatic rings. The number of thiazole rings is 1. The molecule has 1 atom stereocenters. The first kappa shape index (κ1) is 19.2. The summed E-state index contributed by atoms with van der Waals surface area (Å²) in [4.78, 5) is 24.1. The molecule has 5 heterocycles. The van der Waals surface area contributed by atoms with Crippen molar-refractivity contribution in [2.45, 2.75) is 31.2 Å². The third kappa shape index (κ3) is 2.73. The molecule has 168 valence electrons. The molecule has 1 spiro atoms. The minimum absolute atomic E-state index is 0.0363. The zero-order chi connectivity index (χ0) is 22.0. The van der Waals surface area contributed by atoms with Gasteiger partial charge in [0, 0.05) is 41.5 Å². The number of benzene rings is 2. The molecule has 0 radical (unpaired) electrons. The van der Waals surface area contributed by atoms with Gasteiger partial charge in [0.25, 0.3) is 0 Å². The lowest BCUT2D eigenvalue weighted by atomic mass is 9.77. The Labute approximate surface area is 195 Å². The molecule has 0 bridgehead atoms. The highest BCUT2D eigenvalue weighted by Crippen LogP contribution is 2.55. The second-order valence-corrected chi connectivity index (χ2v) is 10.1. The smallest absolute Gasteiger partial charge is 0.246 e. The molecular weight excluding hydrogens is 438 g/mol. The average molecular weight is 462 g/mol. The lowest BCUT2D eigenvalue weighted by Gasteiger charge is -2.26. The maximum Gasteiger partial charge on any atom is 0.246 e. The average Bonchev–Trinajstić information content (AvgIpc) is 3.63. The van der Waals surface area contributed by atoms with Crippen LogP contribution in [-0.4, -0.2) is 37.4 Å². The zero-order valence-electron chi connectivity index (χ0n) is 18.1. The van der Waals surface area contributed by atoms with Gasteiger partial charge in [-0.05, 0) is 37.0 Å². The largest absolute Gasteiger partial charge is 0.491 e. The molecule has 0 saturated carbocycles. The highest BCUT2D eigenvalue weighted by atomic mass is 32.1. The van der Waals surface area contributed by atoms with Crippen molar-refractivity contribution in [1.29, 1.82) is 0 Å². The molecular formula is C25H23N3O4S. The predicted molar refractivity (Wildman–Crippen MR) is 125 cm³/mol. The summed E-state index contributed by atoms with van der Waals surface area (Å²) in [6, 6.07) is 11.8. The Bertz CT molecular complexity index is 1270. The number of hydrogen-bond donors (Lipinski definition) is 0. The molecule has 3 aromatic rings. The van der Waals surface area contributed by atoms with Crippen LogP contribution >= 0.6 is 11.3 Å². The molecule has 4 aliphatic heterocycles. The molecule has 1 aromatic heterocycles. The van der Waals surface area contributed by atoms with Crippen molar-refractivity contribution >= 4 is 28.1 Å². The van der Waals surface area contributed by atoms with Crippen LogP contribution in [0.5, 0.6) is 17.2 Å². The summed E-state index contributed by atoms with van der Waals surface area (Å²) in [6.07, 6.45) is 5.65. The zero-order valence-corrected chi connectivity index (χ0v) is 18.9. The molecule has 8 heteroatoms. The van der Waals surface area contributed by atoms with Crippen molar-refractivity contribution in [3.05, 3.63) is 58.6 Å². The van der Waals surface area contributed by atoms with Crippen LogP contribution in [0.25, 0.3) is 0 Å². The van der Waals surface area contributed by atoms with Crippen LogP contribution < -0.4 is 24.0 Å². The van der Waals surface area contributed by atoms with E-state index in [1.807, 2.05) is 47.5 Å². The Morgan fingerprint density at radius 2 is 1.79 bits per heavy atom. The van der Waals surface area contributed by atoms with E-state index in [9.17, 15) is 4.79 Å². The summed E-state index contributed by atoms with van der Waals surface area (Å²) < 4.78 is 17.2. The first-order valence-corrected chi connectivity index (χ1v) is 12.2. The van der Waals surface area contributed by atoms with Gasteiger partial charge in [0.05, 0.1) is 6.54 Å². The van der Waals surface area contributed by atoms with Gasteiger partial charge in [0.15, 0.2) is 16.6 Å². The van der Waals surface area contributed by atoms with Crippen molar-refractivity contribution in [3.63, 3.8) is 0 Å². The number of para-hydroxylation sites is 1. The van der Waals surface area contributed by atoms with Crippen molar-refractivity contribution in [2.75, 3.05) is 36.3 Å². The summed E-state index contributed by atoms with van der Waals surface area (Å²) in [5.74, 6) is 2.05. The van der Waals surface area contributed by atoms with Crippen molar-refractivity contribution in [1.82, 2.24) is 4.98 Å².